The molecule has 1 saturated heterocycles. The van der Waals surface area contributed by atoms with Gasteiger partial charge in [0, 0.05) is 39.1 Å². The number of ether oxygens (including phenoxy) is 2. The summed E-state index contributed by atoms with van der Waals surface area (Å²) in [6.45, 7) is 8.50. The largest absolute Gasteiger partial charge is 0.481 e. The molecular formula is C19H27NO3. The smallest absolute Gasteiger partial charge is 0.149 e. The zero-order valence-electron chi connectivity index (χ0n) is 14.2. The van der Waals surface area contributed by atoms with Crippen molar-refractivity contribution in [3.63, 3.8) is 0 Å². The Balaban J connectivity index is 1.72. The molecule has 0 atom stereocenters. The molecule has 0 saturated carbocycles. The lowest BCUT2D eigenvalue weighted by Crippen LogP contribution is -2.44. The number of aliphatic hydroxyl groups is 1. The Labute approximate surface area is 139 Å². The van der Waals surface area contributed by atoms with Crippen molar-refractivity contribution in [1.29, 1.82) is 0 Å². The molecular weight excluding hydrogens is 290 g/mol. The second-order valence-corrected chi connectivity index (χ2v) is 5.97. The van der Waals surface area contributed by atoms with Gasteiger partial charge < -0.3 is 19.5 Å². The Morgan fingerprint density at radius 1 is 1.22 bits per heavy atom. The van der Waals surface area contributed by atoms with Gasteiger partial charge in [-0.15, -0.1) is 0 Å². The van der Waals surface area contributed by atoms with Crippen molar-refractivity contribution in [2.75, 3.05) is 39.5 Å². The van der Waals surface area contributed by atoms with Crippen LogP contribution in [0.5, 0.6) is 5.75 Å². The minimum Gasteiger partial charge on any atom is -0.481 e. The van der Waals surface area contributed by atoms with Gasteiger partial charge in [0.1, 0.15) is 18.0 Å². The van der Waals surface area contributed by atoms with Crippen LogP contribution in [0.2, 0.25) is 0 Å². The molecule has 4 nitrogen and oxygen atoms in total. The summed E-state index contributed by atoms with van der Waals surface area (Å²) in [5.74, 6) is 6.76. The highest BCUT2D eigenvalue weighted by Crippen LogP contribution is 2.21. The van der Waals surface area contributed by atoms with E-state index in [1.165, 1.54) is 5.56 Å². The zero-order valence-corrected chi connectivity index (χ0v) is 14.2. The molecule has 1 heterocycles. The number of aryl methyl sites for hydroxylation is 1. The van der Waals surface area contributed by atoms with E-state index in [2.05, 4.69) is 16.7 Å². The first-order valence-electron chi connectivity index (χ1n) is 8.33. The second-order valence-electron chi connectivity index (χ2n) is 5.97. The maximum Gasteiger partial charge on any atom is 0.149 e. The highest BCUT2D eigenvalue weighted by molar-refractivity contribution is 5.27. The standard InChI is InChI=1S/C19H27NO3/c1-3-22-16-14-20-12-10-19(21,11-13-20)9-4-15-23-18-7-5-17(2)6-8-18/h5-8,21H,3,10-16H2,1-2H3. The molecule has 0 aliphatic carbocycles. The first-order valence-corrected chi connectivity index (χ1v) is 8.33. The summed E-state index contributed by atoms with van der Waals surface area (Å²) < 4.78 is 10.9. The molecule has 2 rings (SSSR count). The fourth-order valence-corrected chi connectivity index (χ4v) is 2.56. The maximum atomic E-state index is 10.5. The molecule has 1 aromatic carbocycles. The van der Waals surface area contributed by atoms with Gasteiger partial charge in [-0.3, -0.25) is 0 Å². The molecule has 0 unspecified atom stereocenters. The molecule has 0 aromatic heterocycles. The van der Waals surface area contributed by atoms with E-state index in [1.54, 1.807) is 0 Å². The van der Waals surface area contributed by atoms with Gasteiger partial charge in [0.2, 0.25) is 0 Å². The third-order valence-corrected chi connectivity index (χ3v) is 4.09. The first-order chi connectivity index (χ1) is 11.1. The van der Waals surface area contributed by atoms with Gasteiger partial charge in [-0.25, -0.2) is 0 Å². The van der Waals surface area contributed by atoms with Crippen molar-refractivity contribution < 1.29 is 14.6 Å². The van der Waals surface area contributed by atoms with Crippen LogP contribution in [0.4, 0.5) is 0 Å². The van der Waals surface area contributed by atoms with Crippen molar-refractivity contribution in [2.45, 2.75) is 32.3 Å². The number of nitrogens with zero attached hydrogens (tertiary/aromatic N) is 1. The van der Waals surface area contributed by atoms with Crippen LogP contribution in [0.1, 0.15) is 25.3 Å². The summed E-state index contributed by atoms with van der Waals surface area (Å²) in [5.41, 5.74) is 0.326. The van der Waals surface area contributed by atoms with Gasteiger partial charge in [-0.1, -0.05) is 29.5 Å². The summed E-state index contributed by atoms with van der Waals surface area (Å²) in [5, 5.41) is 10.5. The van der Waals surface area contributed by atoms with Gasteiger partial charge in [0.05, 0.1) is 6.61 Å². The average molecular weight is 317 g/mol. The minimum absolute atomic E-state index is 0.305. The Hall–Kier alpha value is -1.54. The molecule has 0 radical (unpaired) electrons. The summed E-state index contributed by atoms with van der Waals surface area (Å²) in [4.78, 5) is 2.31. The van der Waals surface area contributed by atoms with Crippen LogP contribution >= 0.6 is 0 Å². The Kier molecular flexibility index (Phi) is 6.91. The van der Waals surface area contributed by atoms with Crippen LogP contribution in [0, 0.1) is 18.8 Å². The van der Waals surface area contributed by atoms with Gasteiger partial charge >= 0.3 is 0 Å². The van der Waals surface area contributed by atoms with Crippen LogP contribution in [-0.4, -0.2) is 55.1 Å². The Morgan fingerprint density at radius 3 is 2.57 bits per heavy atom. The fraction of sp³-hybridized carbons (Fsp3) is 0.579. The van der Waals surface area contributed by atoms with Crippen molar-refractivity contribution in [2.24, 2.45) is 0 Å². The predicted molar refractivity (Wildman–Crippen MR) is 91.6 cm³/mol. The van der Waals surface area contributed by atoms with Gasteiger partial charge in [-0.2, -0.15) is 0 Å². The normalized spacial score (nSPS) is 17.3. The quantitative estimate of drug-likeness (QED) is 0.645. The highest BCUT2D eigenvalue weighted by atomic mass is 16.5. The predicted octanol–water partition coefficient (Wildman–Crippen LogP) is 2.24. The number of benzene rings is 1. The van der Waals surface area contributed by atoms with Crippen LogP contribution in [-0.2, 0) is 4.74 Å². The fourth-order valence-electron chi connectivity index (χ4n) is 2.56. The van der Waals surface area contributed by atoms with Crippen molar-refractivity contribution in [3.8, 4) is 17.6 Å². The molecule has 1 aliphatic heterocycles. The van der Waals surface area contributed by atoms with Gasteiger partial charge in [-0.05, 0) is 26.0 Å². The Bertz CT molecular complexity index is 522. The SMILES string of the molecule is CCOCCN1CCC(O)(C#CCOc2ccc(C)cc2)CC1. The number of rotatable bonds is 6. The van der Waals surface area contributed by atoms with E-state index in [9.17, 15) is 5.11 Å². The molecule has 126 valence electrons. The molecule has 0 bridgehead atoms. The first kappa shape index (κ1) is 17.8. The van der Waals surface area contributed by atoms with Gasteiger partial charge in [0.15, 0.2) is 0 Å². The molecule has 1 N–H and O–H groups in total. The lowest BCUT2D eigenvalue weighted by molar-refractivity contribution is 0.0166. The van der Waals surface area contributed by atoms with Crippen LogP contribution in [0.25, 0.3) is 0 Å². The molecule has 0 amide bonds. The topological polar surface area (TPSA) is 41.9 Å². The van der Waals surface area contributed by atoms with E-state index in [0.717, 1.165) is 38.6 Å². The summed E-state index contributed by atoms with van der Waals surface area (Å²) >= 11 is 0. The number of likely N-dealkylation sites (tertiary alicyclic amines) is 1. The van der Waals surface area contributed by atoms with E-state index < -0.39 is 5.60 Å². The monoisotopic (exact) mass is 317 g/mol. The van der Waals surface area contributed by atoms with Crippen molar-refractivity contribution in [1.82, 2.24) is 4.90 Å². The highest BCUT2D eigenvalue weighted by Gasteiger charge is 2.30. The summed E-state index contributed by atoms with van der Waals surface area (Å²) in [7, 11) is 0. The van der Waals surface area contributed by atoms with E-state index in [4.69, 9.17) is 9.47 Å². The van der Waals surface area contributed by atoms with Crippen LogP contribution < -0.4 is 4.74 Å². The number of piperidine rings is 1. The Morgan fingerprint density at radius 2 is 1.91 bits per heavy atom. The number of hydrogen-bond acceptors (Lipinski definition) is 4. The third-order valence-electron chi connectivity index (χ3n) is 4.09. The van der Waals surface area contributed by atoms with E-state index in [0.29, 0.717) is 19.4 Å². The van der Waals surface area contributed by atoms with Crippen molar-refractivity contribution >= 4 is 0 Å². The molecule has 4 heteroatoms. The average Bonchev–Trinajstić information content (AvgIpc) is 2.56. The maximum absolute atomic E-state index is 10.5. The molecule has 23 heavy (non-hydrogen) atoms. The second kappa shape index (κ2) is 8.93. The van der Waals surface area contributed by atoms with Crippen LogP contribution in [0.3, 0.4) is 0 Å². The summed E-state index contributed by atoms with van der Waals surface area (Å²) in [6, 6.07) is 7.88. The number of hydrogen-bond donors (Lipinski definition) is 1. The minimum atomic E-state index is -0.876. The summed E-state index contributed by atoms with van der Waals surface area (Å²) in [6.07, 6.45) is 1.35. The van der Waals surface area contributed by atoms with E-state index in [-0.39, 0.29) is 0 Å². The van der Waals surface area contributed by atoms with Crippen LogP contribution in [0.15, 0.2) is 24.3 Å². The lowest BCUT2D eigenvalue weighted by Gasteiger charge is -2.34. The molecule has 0 spiro atoms. The third kappa shape index (κ3) is 6.23. The molecule has 1 aromatic rings. The molecule has 1 aliphatic rings. The van der Waals surface area contributed by atoms with Crippen molar-refractivity contribution in [3.05, 3.63) is 29.8 Å². The van der Waals surface area contributed by atoms with Gasteiger partial charge in [0.25, 0.3) is 0 Å². The van der Waals surface area contributed by atoms with E-state index in [1.807, 2.05) is 38.1 Å². The van der Waals surface area contributed by atoms with E-state index >= 15 is 0 Å². The zero-order chi connectivity index (χ0) is 16.5. The molecule has 1 fully saturated rings. The lowest BCUT2D eigenvalue weighted by atomic mass is 9.92.